The highest BCUT2D eigenvalue weighted by Crippen LogP contribution is 2.35. The maximum atomic E-state index is 14.6. The number of carbonyl (C=O) groups is 15. The van der Waals surface area contributed by atoms with Gasteiger partial charge in [-0.1, -0.05) is 101 Å². The van der Waals surface area contributed by atoms with Gasteiger partial charge in [0.05, 0.1) is 43.1 Å². The molecule has 121 heavy (non-hydrogen) atoms. The SMILES string of the molecule is C=CC(=O)Nc1cc(Cl)cc(NC(=O)c2cnn(-c3ccc(OCC(=O)NCCNC(=O)CCC[C@@H](C)[C@@H](O)CC(=O)N[C@@H](CC)C(=O)N(C)CC(=O)N(C)[C@@H](CC(C)C)C(=O)NC(C(=O)N(C)[C@@H](CC(C)C)C(=O)N[C@@H](C)C(=O)N[C@H](C)C(=O)N(C)[C@@H](CC(C)C)C(=O)N(C)CC(=O)N(C)C(C(=O)N(C)C)C(C)C)C(C)C)cc3)c2C(F)(F)F)c1. The van der Waals surface area contributed by atoms with Gasteiger partial charge < -0.3 is 86.7 Å². The first-order chi connectivity index (χ1) is 56.3. The van der Waals surface area contributed by atoms with Crippen LogP contribution in [-0.2, 0) is 73.3 Å². The number of anilines is 2. The van der Waals surface area contributed by atoms with Crippen LogP contribution in [-0.4, -0.2) is 281 Å². The number of carbonyl (C=O) groups excluding carboxylic acids is 15. The van der Waals surface area contributed by atoms with Crippen LogP contribution in [0.3, 0.4) is 0 Å². The largest absolute Gasteiger partial charge is 0.484 e. The van der Waals surface area contributed by atoms with E-state index >= 15 is 0 Å². The fraction of sp³-hybridized carbons (Fsp3) is 0.614. The van der Waals surface area contributed by atoms with Crippen molar-refractivity contribution in [2.24, 2.45) is 35.5 Å². The molecule has 1 aromatic heterocycles. The molecule has 674 valence electrons. The van der Waals surface area contributed by atoms with Gasteiger partial charge >= 0.3 is 6.18 Å². The van der Waals surface area contributed by atoms with Gasteiger partial charge in [-0.25, -0.2) is 4.68 Å². The third-order valence-corrected chi connectivity index (χ3v) is 20.3. The van der Waals surface area contributed by atoms with Crippen molar-refractivity contribution in [3.05, 3.63) is 77.6 Å². The number of alkyl halides is 3. The van der Waals surface area contributed by atoms with Crippen molar-refractivity contribution in [2.45, 2.75) is 209 Å². The molecule has 15 amide bonds. The van der Waals surface area contributed by atoms with Crippen LogP contribution in [0.25, 0.3) is 5.69 Å². The molecule has 0 bridgehead atoms. The van der Waals surface area contributed by atoms with Gasteiger partial charge in [-0.05, 0) is 136 Å². The monoisotopic (exact) mass is 1730 g/mol. The third-order valence-electron chi connectivity index (χ3n) is 20.1. The summed E-state index contributed by atoms with van der Waals surface area (Å²) in [5.41, 5.74) is -2.19. The Morgan fingerprint density at radius 3 is 1.60 bits per heavy atom. The lowest BCUT2D eigenvalue weighted by molar-refractivity contribution is -0.150. The number of nitrogens with zero attached hydrogens (tertiary/aromatic N) is 9. The number of halogens is 4. The van der Waals surface area contributed by atoms with Gasteiger partial charge in [0.25, 0.3) is 11.8 Å². The average Bonchev–Trinajstić information content (AvgIpc) is 1.65. The molecule has 9 N–H and O–H groups in total. The molecule has 0 radical (unpaired) electrons. The van der Waals surface area contributed by atoms with E-state index in [0.29, 0.717) is 17.5 Å². The molecular weight excluding hydrogens is 1600 g/mol. The minimum absolute atomic E-state index is 0.00319. The van der Waals surface area contributed by atoms with E-state index in [1.807, 2.05) is 55.4 Å². The summed E-state index contributed by atoms with van der Waals surface area (Å²) < 4.78 is 49.5. The van der Waals surface area contributed by atoms with E-state index in [-0.39, 0.29) is 115 Å². The Kier molecular flexibility index (Phi) is 42.0. The van der Waals surface area contributed by atoms with E-state index in [1.54, 1.807) is 41.8 Å². The van der Waals surface area contributed by atoms with Gasteiger partial charge in [-0.2, -0.15) is 18.3 Å². The number of rotatable bonds is 47. The highest BCUT2D eigenvalue weighted by Gasteiger charge is 2.43. The van der Waals surface area contributed by atoms with E-state index in [9.17, 15) is 90.2 Å². The Bertz CT molecular complexity index is 4100. The lowest BCUT2D eigenvalue weighted by Crippen LogP contribution is -2.60. The molecule has 38 heteroatoms. The zero-order chi connectivity index (χ0) is 92.1. The van der Waals surface area contributed by atoms with E-state index in [1.165, 1.54) is 128 Å². The van der Waals surface area contributed by atoms with Gasteiger partial charge in [0.2, 0.25) is 76.8 Å². The lowest BCUT2D eigenvalue weighted by atomic mass is 9.95. The second kappa shape index (κ2) is 48.7. The molecule has 0 fully saturated rings. The van der Waals surface area contributed by atoms with Gasteiger partial charge in [-0.3, -0.25) is 71.9 Å². The molecular formula is C83H127ClF3N17O17. The minimum atomic E-state index is -5.06. The van der Waals surface area contributed by atoms with Crippen molar-refractivity contribution in [3.63, 3.8) is 0 Å². The summed E-state index contributed by atoms with van der Waals surface area (Å²) >= 11 is 6.10. The summed E-state index contributed by atoms with van der Waals surface area (Å²) in [5.74, 6) is -11.1. The van der Waals surface area contributed by atoms with Crippen molar-refractivity contribution in [2.75, 3.05) is 99.8 Å². The molecule has 3 aromatic rings. The van der Waals surface area contributed by atoms with Crippen molar-refractivity contribution in [1.82, 2.24) is 76.0 Å². The third kappa shape index (κ3) is 32.6. The van der Waals surface area contributed by atoms with E-state index in [4.69, 9.17) is 16.3 Å². The van der Waals surface area contributed by atoms with Crippen molar-refractivity contribution in [3.8, 4) is 11.4 Å². The summed E-state index contributed by atoms with van der Waals surface area (Å²) in [6.07, 6.45) is -3.73. The van der Waals surface area contributed by atoms with Gasteiger partial charge in [0.15, 0.2) is 12.3 Å². The molecule has 0 saturated heterocycles. The predicted molar refractivity (Wildman–Crippen MR) is 450 cm³/mol. The number of hydrogen-bond acceptors (Lipinski definition) is 18. The number of nitrogens with one attached hydrogen (secondary N) is 8. The second-order valence-corrected chi connectivity index (χ2v) is 33.1. The number of likely N-dealkylation sites (N-methyl/N-ethyl adjacent to an activating group) is 7. The first-order valence-corrected chi connectivity index (χ1v) is 40.8. The van der Waals surface area contributed by atoms with Crippen LogP contribution >= 0.6 is 11.6 Å². The lowest BCUT2D eigenvalue weighted by Gasteiger charge is -2.36. The number of hydrogen-bond donors (Lipinski definition) is 9. The van der Waals surface area contributed by atoms with Crippen molar-refractivity contribution in [1.29, 1.82) is 0 Å². The smallest absolute Gasteiger partial charge is 0.434 e. The molecule has 0 aliphatic rings. The Labute approximate surface area is 712 Å². The van der Waals surface area contributed by atoms with E-state index < -0.39 is 180 Å². The molecule has 1 heterocycles. The first-order valence-electron chi connectivity index (χ1n) is 40.4. The number of ether oxygens (including phenoxy) is 1. The maximum Gasteiger partial charge on any atom is 0.434 e. The Balaban J connectivity index is 1.53. The van der Waals surface area contributed by atoms with Crippen molar-refractivity contribution < 1.29 is 94.9 Å². The predicted octanol–water partition coefficient (Wildman–Crippen LogP) is 5.24. The summed E-state index contributed by atoms with van der Waals surface area (Å²) in [6.45, 7) is 26.1. The number of amides is 15. The van der Waals surface area contributed by atoms with Crippen LogP contribution < -0.4 is 47.3 Å². The first kappa shape index (κ1) is 104. The van der Waals surface area contributed by atoms with Gasteiger partial charge in [-0.15, -0.1) is 0 Å². The molecule has 34 nitrogen and oxygen atoms in total. The van der Waals surface area contributed by atoms with E-state index in [2.05, 4.69) is 54.2 Å². The number of aromatic nitrogens is 2. The van der Waals surface area contributed by atoms with Gasteiger partial charge in [0, 0.05) is 92.3 Å². The van der Waals surface area contributed by atoms with Crippen LogP contribution in [0, 0.1) is 35.5 Å². The normalized spacial score (nSPS) is 13.9. The number of aliphatic hydroxyl groups is 1. The number of benzene rings is 2. The van der Waals surface area contributed by atoms with Gasteiger partial charge in [0.1, 0.15) is 54.1 Å². The summed E-state index contributed by atoms with van der Waals surface area (Å²) in [5, 5.41) is 35.7. The number of aliphatic hydroxyl groups excluding tert-OH is 1. The zero-order valence-corrected chi connectivity index (χ0v) is 74.5. The summed E-state index contributed by atoms with van der Waals surface area (Å²) in [6, 6.07) is -0.0861. The fourth-order valence-electron chi connectivity index (χ4n) is 13.1. The Hall–Kier alpha value is -10.7. The topological polar surface area (TPSA) is 422 Å². The molecule has 0 spiro atoms. The quantitative estimate of drug-likeness (QED) is 0.0258. The second-order valence-electron chi connectivity index (χ2n) is 32.7. The molecule has 10 atom stereocenters. The molecule has 0 aliphatic carbocycles. The summed E-state index contributed by atoms with van der Waals surface area (Å²) in [7, 11) is 11.7. The minimum Gasteiger partial charge on any atom is -0.484 e. The maximum absolute atomic E-state index is 14.6. The van der Waals surface area contributed by atoms with Crippen molar-refractivity contribution >= 4 is 112 Å². The highest BCUT2D eigenvalue weighted by atomic mass is 35.5. The van der Waals surface area contributed by atoms with Crippen LogP contribution in [0.2, 0.25) is 5.02 Å². The highest BCUT2D eigenvalue weighted by molar-refractivity contribution is 6.31. The van der Waals surface area contributed by atoms with Crippen LogP contribution in [0.15, 0.2) is 61.3 Å². The van der Waals surface area contributed by atoms with E-state index in [0.717, 1.165) is 17.2 Å². The average molecular weight is 1730 g/mol. The standard InChI is InChI=1S/C83H127ClF3N17O17/c1-24-60(95-67(108)41-64(105)51(13)27-26-28-66(107)88-33-34-89-68(109)45-121-58-31-29-57(30-32-58)104-73(83(85,86)87)59(42-90-104)75(113)94-56-39-54(84)38-55(40-56)93-65(106)25-2)79(117)98(18)43-69(110)100(20)61(35-46(3)4)77(115)96-71(49(9)10)81(119)101(21)62(36-47(5)6)76(114)91-52(14)74(112)92-53(15)78(116)102(22)63(37-48(7)8)80(118)99(19)44-70(111)103(23)72(50(11)12)82(120)97(16)17/h25,29-32,38-40,42,46-53,60-64,71-72,105H,2,24,26-28,33-37,41,43-45H2,1,3-23H3,(H,88,107)(H,89,109)(H,91,114)(H,92,112)(H,93,106)(H,94,113)(H,95,108)(H,96,115)/t51-,52+,53-,60+,61+,62+,63+,64+,71?,72?/m1/s1. The van der Waals surface area contributed by atoms with Crippen LogP contribution in [0.1, 0.15) is 164 Å². The molecule has 2 unspecified atom stereocenters. The molecule has 2 aromatic carbocycles. The molecule has 3 rings (SSSR count). The Morgan fingerprint density at radius 2 is 1.08 bits per heavy atom. The van der Waals surface area contributed by atoms with Crippen LogP contribution in [0.5, 0.6) is 5.75 Å². The zero-order valence-electron chi connectivity index (χ0n) is 73.8. The van der Waals surface area contributed by atoms with Crippen LogP contribution in [0.4, 0.5) is 24.5 Å². The fourth-order valence-corrected chi connectivity index (χ4v) is 13.3. The summed E-state index contributed by atoms with van der Waals surface area (Å²) in [4.78, 5) is 212. The molecule has 0 saturated carbocycles. The Morgan fingerprint density at radius 1 is 0.579 bits per heavy atom. The molecule has 0 aliphatic heterocycles.